The first-order valence-corrected chi connectivity index (χ1v) is 6.27. The lowest BCUT2D eigenvalue weighted by Crippen LogP contribution is -1.95. The van der Waals surface area contributed by atoms with Gasteiger partial charge in [0.1, 0.15) is 0 Å². The molecule has 0 radical (unpaired) electrons. The van der Waals surface area contributed by atoms with Gasteiger partial charge in [0.25, 0.3) is 0 Å². The van der Waals surface area contributed by atoms with E-state index in [1.165, 1.54) is 0 Å². The van der Waals surface area contributed by atoms with Crippen molar-refractivity contribution in [1.82, 2.24) is 0 Å². The predicted molar refractivity (Wildman–Crippen MR) is 81.2 cm³/mol. The molecule has 0 saturated heterocycles. The Balaban J connectivity index is 2.12. The van der Waals surface area contributed by atoms with E-state index >= 15 is 0 Å². The molecule has 0 aliphatic heterocycles. The molecule has 0 unspecified atom stereocenters. The maximum Gasteiger partial charge on any atom is 0.0934 e. The molecule has 2 aromatic rings. The molecule has 0 amide bonds. The summed E-state index contributed by atoms with van der Waals surface area (Å²) in [5.74, 6) is 0. The second-order valence-corrected chi connectivity index (χ2v) is 4.47. The van der Waals surface area contributed by atoms with Crippen molar-refractivity contribution >= 4 is 29.5 Å². The van der Waals surface area contributed by atoms with Crippen LogP contribution in [-0.2, 0) is 0 Å². The van der Waals surface area contributed by atoms with Crippen LogP contribution in [0.1, 0.15) is 17.5 Å². The van der Waals surface area contributed by atoms with Gasteiger partial charge in [0.05, 0.1) is 22.8 Å². The van der Waals surface area contributed by atoms with Crippen LogP contribution in [0, 0.1) is 0 Å². The number of benzene rings is 2. The van der Waals surface area contributed by atoms with Gasteiger partial charge in [-0.15, -0.1) is 0 Å². The molecular weight excluding hydrogens is 250 g/mol. The summed E-state index contributed by atoms with van der Waals surface area (Å²) in [6.07, 6.45) is 0.515. The van der Waals surface area contributed by atoms with Crippen molar-refractivity contribution in [2.24, 2.45) is 15.1 Å². The highest BCUT2D eigenvalue weighted by molar-refractivity contribution is 6.28. The highest BCUT2D eigenvalue weighted by Crippen LogP contribution is 2.31. The first-order valence-electron chi connectivity index (χ1n) is 6.27. The van der Waals surface area contributed by atoms with Crippen LogP contribution in [0.15, 0.2) is 63.7 Å². The van der Waals surface area contributed by atoms with Crippen LogP contribution in [0.3, 0.4) is 0 Å². The number of aliphatic imine (C=N–C) groups is 2. The summed E-state index contributed by atoms with van der Waals surface area (Å²) >= 11 is 0. The number of para-hydroxylation sites is 2. The Morgan fingerprint density at radius 2 is 1.45 bits per heavy atom. The maximum atomic E-state index is 9.10. The highest BCUT2D eigenvalue weighted by Gasteiger charge is 2.24. The maximum absolute atomic E-state index is 9.10. The van der Waals surface area contributed by atoms with Gasteiger partial charge in [0.15, 0.2) is 0 Å². The zero-order valence-electron chi connectivity index (χ0n) is 10.8. The van der Waals surface area contributed by atoms with Crippen molar-refractivity contribution in [3.8, 4) is 0 Å². The molecule has 1 N–H and O–H groups in total. The van der Waals surface area contributed by atoms with Gasteiger partial charge in [-0.3, -0.25) is 9.98 Å². The van der Waals surface area contributed by atoms with Crippen LogP contribution in [0.4, 0.5) is 11.4 Å². The molecule has 0 spiro atoms. The summed E-state index contributed by atoms with van der Waals surface area (Å²) in [5.41, 5.74) is 4.96. The van der Waals surface area contributed by atoms with Gasteiger partial charge in [-0.2, -0.15) is 0 Å². The van der Waals surface area contributed by atoms with Crippen LogP contribution < -0.4 is 0 Å². The molecule has 20 heavy (non-hydrogen) atoms. The van der Waals surface area contributed by atoms with Gasteiger partial charge in [0, 0.05) is 17.5 Å². The molecule has 2 aromatic carbocycles. The van der Waals surface area contributed by atoms with Crippen molar-refractivity contribution < 1.29 is 5.21 Å². The second kappa shape index (κ2) is 5.09. The molecule has 98 valence electrons. The fraction of sp³-hybridized carbons (Fsp3) is 0.0625. The summed E-state index contributed by atoms with van der Waals surface area (Å²) in [5, 5.41) is 12.5. The zero-order valence-corrected chi connectivity index (χ0v) is 10.8. The molecular formula is C16H13N3O. The first kappa shape index (κ1) is 12.3. The number of hydrogen-bond donors (Lipinski definition) is 1. The Morgan fingerprint density at radius 3 is 2.10 bits per heavy atom. The predicted octanol–water partition coefficient (Wildman–Crippen LogP) is 3.72. The molecule has 3 rings (SSSR count). The van der Waals surface area contributed by atoms with Gasteiger partial charge in [-0.25, -0.2) is 0 Å². The second-order valence-electron chi connectivity index (χ2n) is 4.47. The Bertz CT molecular complexity index is 732. The summed E-state index contributed by atoms with van der Waals surface area (Å²) < 4.78 is 0. The van der Waals surface area contributed by atoms with Crippen molar-refractivity contribution in [2.75, 3.05) is 0 Å². The average molecular weight is 263 g/mol. The van der Waals surface area contributed by atoms with Gasteiger partial charge < -0.3 is 5.21 Å². The van der Waals surface area contributed by atoms with Crippen molar-refractivity contribution in [3.63, 3.8) is 0 Å². The Labute approximate surface area is 116 Å². The van der Waals surface area contributed by atoms with E-state index in [-0.39, 0.29) is 0 Å². The lowest BCUT2D eigenvalue weighted by Gasteiger charge is -2.02. The minimum atomic E-state index is 0.515. The third-order valence-electron chi connectivity index (χ3n) is 3.31. The summed E-state index contributed by atoms with van der Waals surface area (Å²) in [7, 11) is 0. The standard InChI is InChI=1S/C16H13N3O/c1-17-13-8-4-5-9-14(13)18-15-10-16(19-20)12-7-3-2-6-11(12)15/h2-9,20H,1,10H2/b18-15+,19-16-. The van der Waals surface area contributed by atoms with Crippen LogP contribution in [0.2, 0.25) is 0 Å². The van der Waals surface area contributed by atoms with Crippen LogP contribution in [0.25, 0.3) is 0 Å². The Hall–Kier alpha value is -2.75. The van der Waals surface area contributed by atoms with Crippen molar-refractivity contribution in [1.29, 1.82) is 0 Å². The topological polar surface area (TPSA) is 57.3 Å². The molecule has 0 saturated carbocycles. The van der Waals surface area contributed by atoms with Crippen LogP contribution >= 0.6 is 0 Å². The molecule has 0 bridgehead atoms. The van der Waals surface area contributed by atoms with E-state index in [0.29, 0.717) is 12.1 Å². The van der Waals surface area contributed by atoms with Crippen molar-refractivity contribution in [3.05, 3.63) is 59.7 Å². The average Bonchev–Trinajstić information content (AvgIpc) is 2.86. The van der Waals surface area contributed by atoms with Gasteiger partial charge >= 0.3 is 0 Å². The normalized spacial score (nSPS) is 17.4. The molecule has 0 fully saturated rings. The molecule has 0 aromatic heterocycles. The van der Waals surface area contributed by atoms with E-state index in [9.17, 15) is 0 Å². The van der Waals surface area contributed by atoms with E-state index in [1.807, 2.05) is 48.5 Å². The summed E-state index contributed by atoms with van der Waals surface area (Å²) in [6, 6.07) is 15.4. The fourth-order valence-corrected chi connectivity index (χ4v) is 2.36. The lowest BCUT2D eigenvalue weighted by atomic mass is 10.1. The highest BCUT2D eigenvalue weighted by atomic mass is 16.4. The fourth-order valence-electron chi connectivity index (χ4n) is 2.36. The molecule has 4 heteroatoms. The third-order valence-corrected chi connectivity index (χ3v) is 3.31. The smallest absolute Gasteiger partial charge is 0.0934 e. The molecule has 1 aliphatic rings. The number of nitrogens with zero attached hydrogens (tertiary/aromatic N) is 3. The molecule has 0 heterocycles. The lowest BCUT2D eigenvalue weighted by molar-refractivity contribution is 0.319. The Kier molecular flexibility index (Phi) is 3.13. The largest absolute Gasteiger partial charge is 0.411 e. The summed E-state index contributed by atoms with van der Waals surface area (Å²) in [4.78, 5) is 8.63. The number of hydrogen-bond acceptors (Lipinski definition) is 4. The minimum Gasteiger partial charge on any atom is -0.411 e. The zero-order chi connectivity index (χ0) is 13.9. The quantitative estimate of drug-likeness (QED) is 0.501. The number of oxime groups is 1. The first-order chi connectivity index (χ1) is 9.83. The molecule has 1 aliphatic carbocycles. The van der Waals surface area contributed by atoms with E-state index in [4.69, 9.17) is 5.21 Å². The SMILES string of the molecule is C=Nc1ccccc1/N=C1\C/C(=N/O)c2ccccc21. The van der Waals surface area contributed by atoms with Gasteiger partial charge in [0.2, 0.25) is 0 Å². The van der Waals surface area contributed by atoms with E-state index in [1.54, 1.807) is 0 Å². The van der Waals surface area contributed by atoms with Gasteiger partial charge in [-0.05, 0) is 18.9 Å². The van der Waals surface area contributed by atoms with E-state index < -0.39 is 0 Å². The minimum absolute atomic E-state index is 0.515. The van der Waals surface area contributed by atoms with Crippen LogP contribution in [0.5, 0.6) is 0 Å². The Morgan fingerprint density at radius 1 is 0.850 bits per heavy atom. The third kappa shape index (κ3) is 2.01. The number of fused-ring (bicyclic) bond motifs is 1. The summed E-state index contributed by atoms with van der Waals surface area (Å²) in [6.45, 7) is 3.56. The molecule has 0 atom stereocenters. The van der Waals surface area contributed by atoms with E-state index in [0.717, 1.165) is 28.2 Å². The van der Waals surface area contributed by atoms with Crippen LogP contribution in [-0.4, -0.2) is 23.3 Å². The van der Waals surface area contributed by atoms with Gasteiger partial charge in [-0.1, -0.05) is 41.6 Å². The monoisotopic (exact) mass is 263 g/mol. The molecule has 4 nitrogen and oxygen atoms in total. The number of rotatable bonds is 2. The van der Waals surface area contributed by atoms with Crippen molar-refractivity contribution in [2.45, 2.75) is 6.42 Å². The van der Waals surface area contributed by atoms with E-state index in [2.05, 4.69) is 21.9 Å².